The smallest absolute Gasteiger partial charge is 0.297 e. The third kappa shape index (κ3) is 6.01. The van der Waals surface area contributed by atoms with Crippen LogP contribution in [-0.4, -0.2) is 32.8 Å². The molecule has 0 unspecified atom stereocenters. The lowest BCUT2D eigenvalue weighted by molar-refractivity contribution is -0.0313. The van der Waals surface area contributed by atoms with Gasteiger partial charge in [-0.3, -0.25) is 4.18 Å². The van der Waals surface area contributed by atoms with Gasteiger partial charge in [0.05, 0.1) is 36.2 Å². The molecule has 7 heteroatoms. The number of hydrogen-bond donors (Lipinski definition) is 1. The summed E-state index contributed by atoms with van der Waals surface area (Å²) in [5.41, 5.74) is 2.38. The molecule has 0 spiro atoms. The number of aliphatic hydroxyl groups is 1. The Morgan fingerprint density at radius 2 is 1.21 bits per heavy atom. The average Bonchev–Trinajstić information content (AvgIpc) is 2.96. The van der Waals surface area contributed by atoms with Crippen LogP contribution in [0.15, 0.2) is 120 Å². The van der Waals surface area contributed by atoms with Crippen molar-refractivity contribution in [3.63, 3.8) is 0 Å². The molecule has 0 aromatic heterocycles. The standard InChI is InChI=1S/C31H29NO5S/c1-24-17-19-29(20-18-24)38(34,35)37-23-30(33)25(21-32)22-36-31(26-11-5-2-6-12-26,27-13-7-3-8-14-27)28-15-9-4-10-16-28/h2-20,25,30,33H,22-23H2,1H3/t25-,30+/m1/s1. The summed E-state index contributed by atoms with van der Waals surface area (Å²) in [6.07, 6.45) is -1.40. The van der Waals surface area contributed by atoms with Gasteiger partial charge in [0, 0.05) is 0 Å². The Hall–Kier alpha value is -3.80. The summed E-state index contributed by atoms with van der Waals surface area (Å²) in [6.45, 7) is 1.09. The molecule has 4 aromatic carbocycles. The van der Waals surface area contributed by atoms with Crippen molar-refractivity contribution >= 4 is 10.1 Å². The molecule has 4 aromatic rings. The maximum absolute atomic E-state index is 12.6. The third-order valence-electron chi connectivity index (χ3n) is 6.35. The van der Waals surface area contributed by atoms with E-state index in [0.717, 1.165) is 22.3 Å². The topological polar surface area (TPSA) is 96.6 Å². The molecule has 194 valence electrons. The number of ether oxygens (including phenoxy) is 1. The van der Waals surface area contributed by atoms with Crippen molar-refractivity contribution in [3.05, 3.63) is 138 Å². The minimum Gasteiger partial charge on any atom is -0.389 e. The SMILES string of the molecule is Cc1ccc(S(=O)(=O)OC[C@H](O)[C@H](C#N)COC(c2ccccc2)(c2ccccc2)c2ccccc2)cc1. The molecule has 0 aliphatic carbocycles. The molecule has 0 saturated heterocycles. The van der Waals surface area contributed by atoms with E-state index in [9.17, 15) is 18.8 Å². The van der Waals surface area contributed by atoms with Crippen LogP contribution in [0.1, 0.15) is 22.3 Å². The maximum Gasteiger partial charge on any atom is 0.297 e. The van der Waals surface area contributed by atoms with Gasteiger partial charge in [-0.2, -0.15) is 13.7 Å². The number of aliphatic hydroxyl groups excluding tert-OH is 1. The zero-order valence-corrected chi connectivity index (χ0v) is 21.8. The van der Waals surface area contributed by atoms with E-state index in [4.69, 9.17) is 8.92 Å². The van der Waals surface area contributed by atoms with Crippen molar-refractivity contribution in [1.82, 2.24) is 0 Å². The Bertz CT molecular complexity index is 1360. The first-order valence-corrected chi connectivity index (χ1v) is 13.6. The van der Waals surface area contributed by atoms with E-state index in [2.05, 4.69) is 6.07 Å². The van der Waals surface area contributed by atoms with Crippen LogP contribution >= 0.6 is 0 Å². The average molecular weight is 528 g/mol. The fourth-order valence-electron chi connectivity index (χ4n) is 4.27. The summed E-state index contributed by atoms with van der Waals surface area (Å²) in [7, 11) is -4.10. The fraction of sp³-hybridized carbons (Fsp3) is 0.194. The second-order valence-electron chi connectivity index (χ2n) is 8.94. The molecule has 0 radical (unpaired) electrons. The molecule has 0 saturated carbocycles. The second-order valence-corrected chi connectivity index (χ2v) is 10.6. The first-order chi connectivity index (χ1) is 18.4. The number of rotatable bonds is 11. The molecule has 0 fully saturated rings. The Morgan fingerprint density at radius 3 is 1.63 bits per heavy atom. The van der Waals surface area contributed by atoms with Crippen molar-refractivity contribution in [2.45, 2.75) is 23.5 Å². The summed E-state index contributed by atoms with van der Waals surface area (Å²) in [6, 6.07) is 37.2. The number of hydrogen-bond acceptors (Lipinski definition) is 6. The largest absolute Gasteiger partial charge is 0.389 e. The molecule has 0 aliphatic rings. The molecule has 0 heterocycles. The third-order valence-corrected chi connectivity index (χ3v) is 7.65. The van der Waals surface area contributed by atoms with Gasteiger partial charge in [0.2, 0.25) is 0 Å². The van der Waals surface area contributed by atoms with Gasteiger partial charge < -0.3 is 9.84 Å². The second kappa shape index (κ2) is 12.2. The van der Waals surface area contributed by atoms with Crippen molar-refractivity contribution in [3.8, 4) is 6.07 Å². The van der Waals surface area contributed by atoms with Crippen LogP contribution in [0.3, 0.4) is 0 Å². The minimum absolute atomic E-state index is 0.0173. The van der Waals surface area contributed by atoms with Crippen LogP contribution < -0.4 is 0 Å². The van der Waals surface area contributed by atoms with Crippen molar-refractivity contribution in [1.29, 1.82) is 5.26 Å². The highest BCUT2D eigenvalue weighted by Gasteiger charge is 2.39. The number of aryl methyl sites for hydroxylation is 1. The monoisotopic (exact) mass is 527 g/mol. The molecular formula is C31H29NO5S. The predicted octanol–water partition coefficient (Wildman–Crippen LogP) is 5.21. The van der Waals surface area contributed by atoms with E-state index in [1.54, 1.807) is 12.1 Å². The van der Waals surface area contributed by atoms with Crippen LogP contribution in [-0.2, 0) is 24.6 Å². The van der Waals surface area contributed by atoms with Crippen LogP contribution in [0.25, 0.3) is 0 Å². The highest BCUT2D eigenvalue weighted by molar-refractivity contribution is 7.86. The Kier molecular flexibility index (Phi) is 8.72. The van der Waals surface area contributed by atoms with Crippen molar-refractivity contribution in [2.75, 3.05) is 13.2 Å². The van der Waals surface area contributed by atoms with Crippen LogP contribution in [0, 0.1) is 24.2 Å². The molecule has 0 amide bonds. The van der Waals surface area contributed by atoms with Crippen LogP contribution in [0.2, 0.25) is 0 Å². The summed E-state index contributed by atoms with van der Waals surface area (Å²) in [4.78, 5) is -0.0173. The van der Waals surface area contributed by atoms with Gasteiger partial charge >= 0.3 is 0 Å². The van der Waals surface area contributed by atoms with Crippen molar-refractivity contribution < 1.29 is 22.4 Å². The van der Waals surface area contributed by atoms with Gasteiger partial charge in [0.15, 0.2) is 0 Å². The predicted molar refractivity (Wildman–Crippen MR) is 145 cm³/mol. The van der Waals surface area contributed by atoms with Crippen LogP contribution in [0.4, 0.5) is 0 Å². The van der Waals surface area contributed by atoms with E-state index in [1.807, 2.05) is 97.9 Å². The molecule has 0 bridgehead atoms. The minimum atomic E-state index is -4.10. The summed E-state index contributed by atoms with van der Waals surface area (Å²) >= 11 is 0. The van der Waals surface area contributed by atoms with E-state index in [-0.39, 0.29) is 11.5 Å². The highest BCUT2D eigenvalue weighted by Crippen LogP contribution is 2.40. The molecule has 38 heavy (non-hydrogen) atoms. The van der Waals surface area contributed by atoms with Gasteiger partial charge in [-0.25, -0.2) is 0 Å². The van der Waals surface area contributed by atoms with Gasteiger partial charge in [0.1, 0.15) is 5.60 Å². The molecule has 0 aliphatic heterocycles. The van der Waals surface area contributed by atoms with E-state index < -0.39 is 34.3 Å². The number of nitrogens with zero attached hydrogens (tertiary/aromatic N) is 1. The molecule has 6 nitrogen and oxygen atoms in total. The van der Waals surface area contributed by atoms with E-state index in [1.165, 1.54) is 12.1 Å². The molecule has 4 rings (SSSR count). The summed E-state index contributed by atoms with van der Waals surface area (Å²) in [5.74, 6) is -1.06. The maximum atomic E-state index is 12.6. The highest BCUT2D eigenvalue weighted by atomic mass is 32.2. The Balaban J connectivity index is 1.61. The Morgan fingerprint density at radius 1 is 0.763 bits per heavy atom. The summed E-state index contributed by atoms with van der Waals surface area (Å²) < 4.78 is 36.9. The normalized spacial score (nSPS) is 13.4. The van der Waals surface area contributed by atoms with Crippen LogP contribution in [0.5, 0.6) is 0 Å². The summed E-state index contributed by atoms with van der Waals surface area (Å²) in [5, 5.41) is 20.7. The lowest BCUT2D eigenvalue weighted by Crippen LogP contribution is -2.37. The molecule has 2 atom stereocenters. The van der Waals surface area contributed by atoms with E-state index in [0.29, 0.717) is 0 Å². The lowest BCUT2D eigenvalue weighted by Gasteiger charge is -2.37. The number of nitriles is 1. The zero-order valence-electron chi connectivity index (χ0n) is 21.0. The number of benzene rings is 4. The first kappa shape index (κ1) is 27.2. The molecule has 1 N–H and O–H groups in total. The quantitative estimate of drug-likeness (QED) is 0.212. The van der Waals surface area contributed by atoms with E-state index >= 15 is 0 Å². The zero-order chi connectivity index (χ0) is 27.0. The fourth-order valence-corrected chi connectivity index (χ4v) is 5.19. The molecular weight excluding hydrogens is 498 g/mol. The van der Waals surface area contributed by atoms with Gasteiger partial charge in [-0.15, -0.1) is 0 Å². The lowest BCUT2D eigenvalue weighted by atomic mass is 9.80. The first-order valence-electron chi connectivity index (χ1n) is 12.2. The van der Waals surface area contributed by atoms with Gasteiger partial charge in [-0.1, -0.05) is 109 Å². The van der Waals surface area contributed by atoms with Gasteiger partial charge in [-0.05, 0) is 35.7 Å². The van der Waals surface area contributed by atoms with Gasteiger partial charge in [0.25, 0.3) is 10.1 Å². The Labute approximate surface area is 223 Å². The van der Waals surface area contributed by atoms with Crippen molar-refractivity contribution in [2.24, 2.45) is 5.92 Å².